The molecule has 0 radical (unpaired) electrons. The van der Waals surface area contributed by atoms with Crippen LogP contribution in [0.4, 0.5) is 5.69 Å². The largest absolute Gasteiger partial charge is 0.508 e. The van der Waals surface area contributed by atoms with Crippen LogP contribution in [0.3, 0.4) is 0 Å². The second-order valence-corrected chi connectivity index (χ2v) is 3.33. The van der Waals surface area contributed by atoms with Crippen molar-refractivity contribution < 1.29 is 14.7 Å². The van der Waals surface area contributed by atoms with E-state index >= 15 is 0 Å². The first-order chi connectivity index (χ1) is 6.66. The summed E-state index contributed by atoms with van der Waals surface area (Å²) in [5, 5.41) is 10.5. The highest BCUT2D eigenvalue weighted by Gasteiger charge is 2.29. The molecule has 4 nitrogen and oxygen atoms in total. The molecule has 0 spiro atoms. The van der Waals surface area contributed by atoms with Gasteiger partial charge in [0.25, 0.3) is 5.91 Å². The lowest BCUT2D eigenvalue weighted by atomic mass is 10.2. The van der Waals surface area contributed by atoms with Crippen LogP contribution in [-0.2, 0) is 9.63 Å². The minimum Gasteiger partial charge on any atom is -0.508 e. The van der Waals surface area contributed by atoms with Gasteiger partial charge >= 0.3 is 0 Å². The third kappa shape index (κ3) is 1.56. The van der Waals surface area contributed by atoms with Crippen molar-refractivity contribution >= 4 is 11.6 Å². The zero-order valence-corrected chi connectivity index (χ0v) is 7.80. The first-order valence-corrected chi connectivity index (χ1v) is 4.45. The van der Waals surface area contributed by atoms with Crippen molar-refractivity contribution in [2.75, 3.05) is 5.06 Å². The number of phenolic OH excluding ortho intramolecular Hbond substituents is 1. The number of carbonyl (C=O) groups is 1. The predicted molar refractivity (Wildman–Crippen MR) is 50.8 cm³/mol. The summed E-state index contributed by atoms with van der Waals surface area (Å²) in [4.78, 5) is 16.7. The van der Waals surface area contributed by atoms with Crippen molar-refractivity contribution in [2.24, 2.45) is 0 Å². The molecule has 1 atom stereocenters. The summed E-state index contributed by atoms with van der Waals surface area (Å²) in [6.45, 7) is 1.83. The van der Waals surface area contributed by atoms with Crippen LogP contribution in [0.25, 0.3) is 0 Å². The smallest absolute Gasteiger partial charge is 0.253 e. The number of rotatable bonds is 1. The first kappa shape index (κ1) is 9.02. The fraction of sp³-hybridized carbons (Fsp3) is 0.300. The van der Waals surface area contributed by atoms with E-state index in [-0.39, 0.29) is 17.8 Å². The normalized spacial score (nSPS) is 21.6. The van der Waals surface area contributed by atoms with E-state index < -0.39 is 0 Å². The fourth-order valence-corrected chi connectivity index (χ4v) is 1.43. The van der Waals surface area contributed by atoms with Crippen LogP contribution in [0, 0.1) is 0 Å². The van der Waals surface area contributed by atoms with Gasteiger partial charge in [-0.25, -0.2) is 0 Å². The molecule has 1 aliphatic heterocycles. The van der Waals surface area contributed by atoms with Crippen LogP contribution in [0.15, 0.2) is 24.3 Å². The van der Waals surface area contributed by atoms with Gasteiger partial charge in [0, 0.05) is 6.07 Å². The number of amides is 1. The molecule has 74 valence electrons. The quantitative estimate of drug-likeness (QED) is 0.734. The van der Waals surface area contributed by atoms with E-state index in [9.17, 15) is 9.90 Å². The van der Waals surface area contributed by atoms with Crippen LogP contribution in [0.2, 0.25) is 0 Å². The van der Waals surface area contributed by atoms with Crippen molar-refractivity contribution in [1.29, 1.82) is 0 Å². The van der Waals surface area contributed by atoms with Gasteiger partial charge < -0.3 is 5.11 Å². The Morgan fingerprint density at radius 2 is 2.36 bits per heavy atom. The van der Waals surface area contributed by atoms with Gasteiger partial charge in [-0.2, -0.15) is 5.06 Å². The standard InChI is InChI=1S/C10H11NO3/c1-7-5-10(13)11(14-7)8-3-2-4-9(12)6-8/h2-4,6-7,12H,5H2,1H3. The molecule has 1 aliphatic rings. The fourth-order valence-electron chi connectivity index (χ4n) is 1.43. The Balaban J connectivity index is 2.27. The van der Waals surface area contributed by atoms with Crippen LogP contribution in [-0.4, -0.2) is 17.1 Å². The Bertz CT molecular complexity index is 364. The summed E-state index contributed by atoms with van der Waals surface area (Å²) in [5.74, 6) is 0.0431. The topological polar surface area (TPSA) is 49.8 Å². The molecule has 1 N–H and O–H groups in total. The van der Waals surface area contributed by atoms with Crippen LogP contribution in [0.5, 0.6) is 5.75 Å². The summed E-state index contributed by atoms with van der Waals surface area (Å²) < 4.78 is 0. The maximum atomic E-state index is 11.4. The number of hydrogen-bond donors (Lipinski definition) is 1. The molecule has 0 aromatic heterocycles. The van der Waals surface area contributed by atoms with Crippen molar-refractivity contribution in [1.82, 2.24) is 0 Å². The molecule has 0 bridgehead atoms. The van der Waals surface area contributed by atoms with E-state index in [4.69, 9.17) is 4.84 Å². The molecule has 4 heteroatoms. The predicted octanol–water partition coefficient (Wildman–Crippen LogP) is 1.45. The number of anilines is 1. The highest BCUT2D eigenvalue weighted by Crippen LogP contribution is 2.26. The minimum absolute atomic E-state index is 0.0805. The summed E-state index contributed by atoms with van der Waals surface area (Å²) in [5.41, 5.74) is 0.569. The Hall–Kier alpha value is -1.55. The van der Waals surface area contributed by atoms with E-state index in [1.807, 2.05) is 6.92 Å². The Kier molecular flexibility index (Phi) is 2.13. The second kappa shape index (κ2) is 3.31. The maximum Gasteiger partial charge on any atom is 0.253 e. The first-order valence-electron chi connectivity index (χ1n) is 4.45. The Morgan fingerprint density at radius 3 is 2.93 bits per heavy atom. The van der Waals surface area contributed by atoms with Gasteiger partial charge in [0.15, 0.2) is 0 Å². The van der Waals surface area contributed by atoms with Gasteiger partial charge in [-0.1, -0.05) is 6.07 Å². The van der Waals surface area contributed by atoms with E-state index in [1.54, 1.807) is 18.2 Å². The average Bonchev–Trinajstić information content (AvgIpc) is 2.45. The number of aromatic hydroxyl groups is 1. The zero-order chi connectivity index (χ0) is 10.1. The van der Waals surface area contributed by atoms with Crippen LogP contribution < -0.4 is 5.06 Å². The lowest BCUT2D eigenvalue weighted by Gasteiger charge is -2.14. The SMILES string of the molecule is CC1CC(=O)N(c2cccc(O)c2)O1. The molecule has 14 heavy (non-hydrogen) atoms. The third-order valence-electron chi connectivity index (χ3n) is 2.04. The zero-order valence-electron chi connectivity index (χ0n) is 7.80. The molecule has 0 aliphatic carbocycles. The number of hydrogen-bond acceptors (Lipinski definition) is 3. The number of phenols is 1. The molecule has 1 saturated heterocycles. The highest BCUT2D eigenvalue weighted by molar-refractivity contribution is 5.93. The summed E-state index contributed by atoms with van der Waals surface area (Å²) in [7, 11) is 0. The monoisotopic (exact) mass is 193 g/mol. The summed E-state index contributed by atoms with van der Waals surface area (Å²) >= 11 is 0. The molecule has 0 saturated carbocycles. The van der Waals surface area contributed by atoms with Gasteiger partial charge in [0.1, 0.15) is 5.75 Å². The van der Waals surface area contributed by atoms with E-state index in [0.29, 0.717) is 12.1 Å². The average molecular weight is 193 g/mol. The molecule has 1 unspecified atom stereocenters. The van der Waals surface area contributed by atoms with Crippen LogP contribution in [0.1, 0.15) is 13.3 Å². The molecule has 1 fully saturated rings. The number of benzene rings is 1. The Morgan fingerprint density at radius 1 is 1.57 bits per heavy atom. The van der Waals surface area contributed by atoms with E-state index in [1.165, 1.54) is 11.1 Å². The number of hydroxylamine groups is 1. The molecule has 1 aromatic rings. The van der Waals surface area contributed by atoms with E-state index in [2.05, 4.69) is 0 Å². The molecule has 2 rings (SSSR count). The lowest BCUT2D eigenvalue weighted by Crippen LogP contribution is -2.22. The number of nitrogens with zero attached hydrogens (tertiary/aromatic N) is 1. The molecular weight excluding hydrogens is 182 g/mol. The lowest BCUT2D eigenvalue weighted by molar-refractivity contribution is -0.119. The van der Waals surface area contributed by atoms with Crippen LogP contribution >= 0.6 is 0 Å². The van der Waals surface area contributed by atoms with Crippen molar-refractivity contribution in [3.8, 4) is 5.75 Å². The van der Waals surface area contributed by atoms with Gasteiger partial charge in [0.2, 0.25) is 0 Å². The van der Waals surface area contributed by atoms with Gasteiger partial charge in [0.05, 0.1) is 18.2 Å². The third-order valence-corrected chi connectivity index (χ3v) is 2.04. The van der Waals surface area contributed by atoms with Gasteiger partial charge in [-0.05, 0) is 19.1 Å². The molecule has 1 heterocycles. The summed E-state index contributed by atoms with van der Waals surface area (Å²) in [6, 6.07) is 6.43. The highest BCUT2D eigenvalue weighted by atomic mass is 16.7. The van der Waals surface area contributed by atoms with Crippen molar-refractivity contribution in [3.63, 3.8) is 0 Å². The van der Waals surface area contributed by atoms with Crippen molar-refractivity contribution in [2.45, 2.75) is 19.4 Å². The molecular formula is C10H11NO3. The minimum atomic E-state index is -0.0927. The second-order valence-electron chi connectivity index (χ2n) is 3.33. The number of carbonyl (C=O) groups excluding carboxylic acids is 1. The molecule has 1 aromatic carbocycles. The van der Waals surface area contributed by atoms with Gasteiger partial charge in [-0.15, -0.1) is 0 Å². The maximum absolute atomic E-state index is 11.4. The van der Waals surface area contributed by atoms with Gasteiger partial charge in [-0.3, -0.25) is 9.63 Å². The Labute approximate surface area is 81.7 Å². The van der Waals surface area contributed by atoms with E-state index in [0.717, 1.165) is 0 Å². The summed E-state index contributed by atoms with van der Waals surface area (Å²) in [6.07, 6.45) is 0.292. The van der Waals surface area contributed by atoms with Crippen molar-refractivity contribution in [3.05, 3.63) is 24.3 Å². The molecule has 1 amide bonds.